The van der Waals surface area contributed by atoms with Gasteiger partial charge in [0.15, 0.2) is 0 Å². The van der Waals surface area contributed by atoms with E-state index in [2.05, 4.69) is 13.8 Å². The normalized spacial score (nSPS) is 49.0. The lowest BCUT2D eigenvalue weighted by atomic mass is 9.43. The van der Waals surface area contributed by atoms with Crippen molar-refractivity contribution in [2.24, 2.45) is 16.7 Å². The highest BCUT2D eigenvalue weighted by Gasteiger charge is 2.73. The first kappa shape index (κ1) is 19.5. The second-order valence-corrected chi connectivity index (χ2v) is 10.5. The molecule has 1 aromatic heterocycles. The van der Waals surface area contributed by atoms with Gasteiger partial charge >= 0.3 is 5.63 Å². The molecular formula is C24H32O5. The summed E-state index contributed by atoms with van der Waals surface area (Å²) in [6.07, 6.45) is 8.99. The molecule has 0 aromatic carbocycles. The minimum atomic E-state index is -1.17. The Morgan fingerprint density at radius 3 is 2.55 bits per heavy atom. The van der Waals surface area contributed by atoms with Crippen LogP contribution in [-0.4, -0.2) is 32.6 Å². The van der Waals surface area contributed by atoms with Gasteiger partial charge in [-0.2, -0.15) is 0 Å². The fourth-order valence-electron chi connectivity index (χ4n) is 7.84. The van der Waals surface area contributed by atoms with Crippen LogP contribution in [-0.2, 0) is 0 Å². The number of allylic oxidation sites excluding steroid dienone is 1. The number of aliphatic hydroxyl groups excluding tert-OH is 1. The minimum absolute atomic E-state index is 0.00645. The maximum absolute atomic E-state index is 12.2. The second-order valence-electron chi connectivity index (χ2n) is 10.5. The molecule has 4 aliphatic rings. The lowest BCUT2D eigenvalue weighted by Gasteiger charge is -2.65. The molecule has 4 aliphatic carbocycles. The van der Waals surface area contributed by atoms with Gasteiger partial charge in [-0.1, -0.05) is 25.5 Å². The fraction of sp³-hybridized carbons (Fsp3) is 0.708. The number of fused-ring (bicyclic) bond motifs is 5. The molecule has 1 aromatic rings. The van der Waals surface area contributed by atoms with Crippen molar-refractivity contribution in [2.75, 3.05) is 0 Å². The monoisotopic (exact) mass is 400 g/mol. The zero-order valence-electron chi connectivity index (χ0n) is 17.4. The maximum Gasteiger partial charge on any atom is 0.335 e. The van der Waals surface area contributed by atoms with Crippen LogP contribution in [0.2, 0.25) is 0 Å². The Balaban J connectivity index is 1.56. The summed E-state index contributed by atoms with van der Waals surface area (Å²) >= 11 is 0. The quantitative estimate of drug-likeness (QED) is 0.630. The van der Waals surface area contributed by atoms with Crippen LogP contribution in [0.3, 0.4) is 0 Å². The van der Waals surface area contributed by atoms with E-state index in [1.54, 1.807) is 0 Å². The van der Waals surface area contributed by atoms with Crippen molar-refractivity contribution in [1.82, 2.24) is 0 Å². The molecule has 0 saturated heterocycles. The van der Waals surface area contributed by atoms with Crippen LogP contribution in [0.1, 0.15) is 76.7 Å². The van der Waals surface area contributed by atoms with Crippen molar-refractivity contribution in [3.05, 3.63) is 46.0 Å². The Morgan fingerprint density at radius 1 is 1.03 bits per heavy atom. The largest absolute Gasteiger partial charge is 0.431 e. The molecule has 158 valence electrons. The van der Waals surface area contributed by atoms with Crippen molar-refractivity contribution in [3.8, 4) is 0 Å². The van der Waals surface area contributed by atoms with Gasteiger partial charge in [-0.3, -0.25) is 0 Å². The van der Waals surface area contributed by atoms with Gasteiger partial charge in [0.25, 0.3) is 0 Å². The summed E-state index contributed by atoms with van der Waals surface area (Å²) in [6.45, 7) is 4.34. The predicted octanol–water partition coefficient (Wildman–Crippen LogP) is 3.28. The highest BCUT2D eigenvalue weighted by molar-refractivity contribution is 5.35. The van der Waals surface area contributed by atoms with Gasteiger partial charge in [0.1, 0.15) is 0 Å². The van der Waals surface area contributed by atoms with E-state index in [0.717, 1.165) is 37.7 Å². The summed E-state index contributed by atoms with van der Waals surface area (Å²) in [5.41, 5.74) is -1.11. The van der Waals surface area contributed by atoms with E-state index in [1.165, 1.54) is 17.9 Å². The Morgan fingerprint density at radius 2 is 1.83 bits per heavy atom. The predicted molar refractivity (Wildman–Crippen MR) is 108 cm³/mol. The van der Waals surface area contributed by atoms with Crippen LogP contribution in [0, 0.1) is 16.7 Å². The van der Waals surface area contributed by atoms with Crippen molar-refractivity contribution < 1.29 is 19.7 Å². The topological polar surface area (TPSA) is 90.9 Å². The highest BCUT2D eigenvalue weighted by Crippen LogP contribution is 2.71. The molecule has 0 bridgehead atoms. The van der Waals surface area contributed by atoms with Crippen LogP contribution in [0.4, 0.5) is 0 Å². The minimum Gasteiger partial charge on any atom is -0.431 e. The zero-order chi connectivity index (χ0) is 20.7. The van der Waals surface area contributed by atoms with Gasteiger partial charge in [0.05, 0.1) is 23.6 Å². The highest BCUT2D eigenvalue weighted by atomic mass is 16.4. The summed E-state index contributed by atoms with van der Waals surface area (Å²) in [5, 5.41) is 34.4. The van der Waals surface area contributed by atoms with Gasteiger partial charge < -0.3 is 19.7 Å². The van der Waals surface area contributed by atoms with Gasteiger partial charge in [-0.15, -0.1) is 0 Å². The molecular weight excluding hydrogens is 368 g/mol. The third-order valence-corrected chi connectivity index (χ3v) is 9.51. The van der Waals surface area contributed by atoms with E-state index in [1.807, 2.05) is 12.1 Å². The molecule has 3 N–H and O–H groups in total. The van der Waals surface area contributed by atoms with Crippen molar-refractivity contribution in [3.63, 3.8) is 0 Å². The lowest BCUT2D eigenvalue weighted by molar-refractivity contribution is -0.275. The molecule has 1 heterocycles. The Labute approximate surface area is 171 Å². The average Bonchev–Trinajstić information content (AvgIpc) is 2.96. The summed E-state index contributed by atoms with van der Waals surface area (Å²) in [6, 6.07) is 3.26. The molecule has 29 heavy (non-hydrogen) atoms. The third-order valence-electron chi connectivity index (χ3n) is 9.51. The van der Waals surface area contributed by atoms with E-state index in [9.17, 15) is 20.1 Å². The SMILES string of the molecule is C[C@]12CC[C@H](O)C=C1CC[C@]1(O)[C@@H]2CC[C@]2(C)[C@@H](c3ccc(=O)oc3)CC[C@@]21O. The van der Waals surface area contributed by atoms with Crippen LogP contribution in [0.25, 0.3) is 0 Å². The van der Waals surface area contributed by atoms with Crippen molar-refractivity contribution >= 4 is 0 Å². The molecule has 5 nitrogen and oxygen atoms in total. The number of rotatable bonds is 1. The van der Waals surface area contributed by atoms with E-state index in [-0.39, 0.29) is 29.0 Å². The molecule has 0 aliphatic heterocycles. The molecule has 3 saturated carbocycles. The van der Waals surface area contributed by atoms with Gasteiger partial charge in [0, 0.05) is 11.5 Å². The molecule has 5 rings (SSSR count). The summed E-state index contributed by atoms with van der Waals surface area (Å²) in [7, 11) is 0. The fourth-order valence-corrected chi connectivity index (χ4v) is 7.84. The van der Waals surface area contributed by atoms with Gasteiger partial charge in [-0.05, 0) is 80.2 Å². The van der Waals surface area contributed by atoms with Crippen LogP contribution >= 0.6 is 0 Å². The molecule has 0 radical (unpaired) electrons. The smallest absolute Gasteiger partial charge is 0.335 e. The summed E-state index contributed by atoms with van der Waals surface area (Å²) in [4.78, 5) is 11.4. The number of hydrogen-bond donors (Lipinski definition) is 3. The number of aliphatic hydroxyl groups is 3. The van der Waals surface area contributed by atoms with E-state index in [4.69, 9.17) is 4.42 Å². The standard InChI is InChI=1S/C24H32O5/c1-21-9-6-17(25)13-16(21)5-11-23(27)19(21)8-10-22(2)18(7-12-24(22,23)28)15-3-4-20(26)29-14-15/h3-4,13-14,17-19,25,27-28H,5-12H2,1-2H3/t17-,18+,19+,21-,22+,23-,24+/m0/s1. The van der Waals surface area contributed by atoms with Crippen molar-refractivity contribution in [1.29, 1.82) is 0 Å². The first-order valence-electron chi connectivity index (χ1n) is 11.1. The van der Waals surface area contributed by atoms with Gasteiger partial charge in [-0.25, -0.2) is 4.79 Å². The average molecular weight is 401 g/mol. The van der Waals surface area contributed by atoms with Crippen LogP contribution < -0.4 is 5.63 Å². The first-order valence-corrected chi connectivity index (χ1v) is 11.1. The van der Waals surface area contributed by atoms with Crippen molar-refractivity contribution in [2.45, 2.75) is 88.4 Å². The lowest BCUT2D eigenvalue weighted by Crippen LogP contribution is -2.71. The first-order chi connectivity index (χ1) is 13.6. The summed E-state index contributed by atoms with van der Waals surface area (Å²) in [5.74, 6) is 0.0489. The molecule has 0 unspecified atom stereocenters. The van der Waals surface area contributed by atoms with E-state index in [0.29, 0.717) is 19.3 Å². The number of hydrogen-bond acceptors (Lipinski definition) is 5. The zero-order valence-corrected chi connectivity index (χ0v) is 17.4. The second kappa shape index (κ2) is 6.05. The van der Waals surface area contributed by atoms with Gasteiger partial charge in [0.2, 0.25) is 0 Å². The Kier molecular flexibility index (Phi) is 4.08. The molecule has 0 amide bonds. The van der Waals surface area contributed by atoms with Crippen LogP contribution in [0.15, 0.2) is 39.3 Å². The molecule has 5 heteroatoms. The van der Waals surface area contributed by atoms with E-state index < -0.39 is 16.6 Å². The molecule has 0 spiro atoms. The Bertz CT molecular complexity index is 900. The van der Waals surface area contributed by atoms with Crippen LogP contribution in [0.5, 0.6) is 0 Å². The third kappa shape index (κ3) is 2.35. The van der Waals surface area contributed by atoms with E-state index >= 15 is 0 Å². The molecule has 7 atom stereocenters. The molecule has 3 fully saturated rings. The Hall–Kier alpha value is -1.43. The summed E-state index contributed by atoms with van der Waals surface area (Å²) < 4.78 is 5.13. The maximum atomic E-state index is 12.2.